The number of hydrogen-bond acceptors (Lipinski definition) is 1. The van der Waals surface area contributed by atoms with Crippen molar-refractivity contribution in [3.05, 3.63) is 11.6 Å². The quantitative estimate of drug-likeness (QED) is 0.575. The average molecular weight is 128 g/mol. The van der Waals surface area contributed by atoms with Crippen molar-refractivity contribution in [3.63, 3.8) is 0 Å². The van der Waals surface area contributed by atoms with Crippen LogP contribution in [0.5, 0.6) is 0 Å². The van der Waals surface area contributed by atoms with Gasteiger partial charge in [-0.3, -0.25) is 0 Å². The van der Waals surface area contributed by atoms with E-state index < -0.39 is 0 Å². The lowest BCUT2D eigenvalue weighted by atomic mass is 10.1. The highest BCUT2D eigenvalue weighted by Gasteiger charge is 1.87. The second kappa shape index (κ2) is 5.83. The van der Waals surface area contributed by atoms with Crippen LogP contribution in [0.15, 0.2) is 11.6 Å². The number of aliphatic hydroxyl groups is 1. The van der Waals surface area contributed by atoms with Crippen molar-refractivity contribution in [1.82, 2.24) is 0 Å². The van der Waals surface area contributed by atoms with E-state index in [-0.39, 0.29) is 6.61 Å². The molecule has 1 N–H and O–H groups in total. The fourth-order valence-electron chi connectivity index (χ4n) is 0.669. The molecule has 9 heavy (non-hydrogen) atoms. The van der Waals surface area contributed by atoms with Crippen LogP contribution in [-0.4, -0.2) is 11.7 Å². The molecule has 54 valence electrons. The van der Waals surface area contributed by atoms with Crippen molar-refractivity contribution >= 4 is 0 Å². The van der Waals surface area contributed by atoms with Crippen molar-refractivity contribution in [2.75, 3.05) is 6.61 Å². The summed E-state index contributed by atoms with van der Waals surface area (Å²) in [6.45, 7) is 4.44. The highest BCUT2D eigenvalue weighted by atomic mass is 16.3. The highest BCUT2D eigenvalue weighted by molar-refractivity contribution is 5.00. The zero-order valence-corrected chi connectivity index (χ0v) is 6.35. The smallest absolute Gasteiger partial charge is 0.0641 e. The van der Waals surface area contributed by atoms with Gasteiger partial charge in [0.2, 0.25) is 0 Å². The first-order valence-corrected chi connectivity index (χ1v) is 3.63. The van der Waals surface area contributed by atoms with Crippen LogP contribution in [0.25, 0.3) is 0 Å². The number of rotatable bonds is 4. The van der Waals surface area contributed by atoms with E-state index in [0.29, 0.717) is 0 Å². The lowest BCUT2D eigenvalue weighted by molar-refractivity contribution is 0.327. The molecule has 0 aliphatic heterocycles. The first kappa shape index (κ1) is 8.70. The molecule has 0 heterocycles. The van der Waals surface area contributed by atoms with Gasteiger partial charge in [0, 0.05) is 0 Å². The van der Waals surface area contributed by atoms with Crippen LogP contribution >= 0.6 is 0 Å². The SMILES string of the molecule is CCCC=C(CC)CO. The van der Waals surface area contributed by atoms with E-state index in [2.05, 4.69) is 19.9 Å². The third-order valence-electron chi connectivity index (χ3n) is 1.38. The van der Waals surface area contributed by atoms with E-state index in [1.165, 1.54) is 6.42 Å². The van der Waals surface area contributed by atoms with Crippen molar-refractivity contribution in [2.24, 2.45) is 0 Å². The molecule has 1 heteroatoms. The van der Waals surface area contributed by atoms with Crippen molar-refractivity contribution < 1.29 is 5.11 Å². The maximum atomic E-state index is 8.68. The van der Waals surface area contributed by atoms with E-state index in [1.54, 1.807) is 0 Å². The van der Waals surface area contributed by atoms with Crippen LogP contribution < -0.4 is 0 Å². The maximum absolute atomic E-state index is 8.68. The van der Waals surface area contributed by atoms with Gasteiger partial charge in [0.05, 0.1) is 6.61 Å². The van der Waals surface area contributed by atoms with Gasteiger partial charge in [-0.1, -0.05) is 26.3 Å². The molecule has 0 aromatic carbocycles. The molecule has 0 saturated carbocycles. The second-order valence-electron chi connectivity index (χ2n) is 2.16. The monoisotopic (exact) mass is 128 g/mol. The standard InChI is InChI=1S/C8H16O/c1-3-5-6-8(4-2)7-9/h6,9H,3-5,7H2,1-2H3. The molecule has 0 bridgehead atoms. The molecule has 0 rings (SSSR count). The molecule has 0 amide bonds. The van der Waals surface area contributed by atoms with Gasteiger partial charge in [-0.2, -0.15) is 0 Å². The molecule has 0 aliphatic carbocycles. The molecule has 1 nitrogen and oxygen atoms in total. The maximum Gasteiger partial charge on any atom is 0.0641 e. The topological polar surface area (TPSA) is 20.2 Å². The summed E-state index contributed by atoms with van der Waals surface area (Å²) in [5, 5.41) is 8.68. The van der Waals surface area contributed by atoms with E-state index in [0.717, 1.165) is 18.4 Å². The molecule has 0 atom stereocenters. The Morgan fingerprint density at radius 2 is 2.11 bits per heavy atom. The number of aliphatic hydroxyl groups excluding tert-OH is 1. The first-order valence-electron chi connectivity index (χ1n) is 3.63. The molecule has 0 saturated heterocycles. The molecule has 0 aromatic heterocycles. The number of unbranched alkanes of at least 4 members (excludes halogenated alkanes) is 1. The van der Waals surface area contributed by atoms with Gasteiger partial charge in [-0.25, -0.2) is 0 Å². The zero-order valence-electron chi connectivity index (χ0n) is 6.35. The normalized spacial score (nSPS) is 12.1. The molecule has 0 unspecified atom stereocenters. The van der Waals surface area contributed by atoms with Crippen LogP contribution in [-0.2, 0) is 0 Å². The summed E-state index contributed by atoms with van der Waals surface area (Å²) in [5.41, 5.74) is 1.16. The minimum atomic E-state index is 0.233. The third kappa shape index (κ3) is 4.22. The molecular weight excluding hydrogens is 112 g/mol. The van der Waals surface area contributed by atoms with Crippen LogP contribution in [0.1, 0.15) is 33.1 Å². The predicted molar refractivity (Wildman–Crippen MR) is 40.4 cm³/mol. The minimum absolute atomic E-state index is 0.233. The van der Waals surface area contributed by atoms with Gasteiger partial charge in [-0.15, -0.1) is 0 Å². The molecule has 0 fully saturated rings. The third-order valence-corrected chi connectivity index (χ3v) is 1.38. The van der Waals surface area contributed by atoms with Gasteiger partial charge in [0.15, 0.2) is 0 Å². The van der Waals surface area contributed by atoms with Gasteiger partial charge < -0.3 is 5.11 Å². The van der Waals surface area contributed by atoms with Crippen molar-refractivity contribution in [2.45, 2.75) is 33.1 Å². The summed E-state index contributed by atoms with van der Waals surface area (Å²) >= 11 is 0. The molecule has 0 radical (unpaired) electrons. The average Bonchev–Trinajstić information content (AvgIpc) is 1.91. The summed E-state index contributed by atoms with van der Waals surface area (Å²) in [5.74, 6) is 0. The van der Waals surface area contributed by atoms with Crippen molar-refractivity contribution in [1.29, 1.82) is 0 Å². The van der Waals surface area contributed by atoms with Crippen LogP contribution in [0.2, 0.25) is 0 Å². The van der Waals surface area contributed by atoms with Gasteiger partial charge in [-0.05, 0) is 18.4 Å². The van der Waals surface area contributed by atoms with Crippen LogP contribution in [0, 0.1) is 0 Å². The minimum Gasteiger partial charge on any atom is -0.392 e. The largest absolute Gasteiger partial charge is 0.392 e. The highest BCUT2D eigenvalue weighted by Crippen LogP contribution is 2.01. The van der Waals surface area contributed by atoms with Crippen LogP contribution in [0.3, 0.4) is 0 Å². The van der Waals surface area contributed by atoms with Crippen LogP contribution in [0.4, 0.5) is 0 Å². The van der Waals surface area contributed by atoms with E-state index in [4.69, 9.17) is 5.11 Å². The number of hydrogen-bond donors (Lipinski definition) is 1. The Bertz CT molecular complexity index is 78.6. The molecule has 0 aromatic rings. The Labute approximate surface area is 57.4 Å². The lowest BCUT2D eigenvalue weighted by Crippen LogP contribution is -1.87. The fraction of sp³-hybridized carbons (Fsp3) is 0.750. The van der Waals surface area contributed by atoms with E-state index in [1.807, 2.05) is 0 Å². The summed E-state index contributed by atoms with van der Waals surface area (Å²) in [7, 11) is 0. The number of allylic oxidation sites excluding steroid dienone is 1. The summed E-state index contributed by atoms with van der Waals surface area (Å²) < 4.78 is 0. The van der Waals surface area contributed by atoms with Crippen molar-refractivity contribution in [3.8, 4) is 0 Å². The molecule has 0 aliphatic rings. The Kier molecular flexibility index (Phi) is 5.64. The zero-order chi connectivity index (χ0) is 7.11. The summed E-state index contributed by atoms with van der Waals surface area (Å²) in [4.78, 5) is 0. The van der Waals surface area contributed by atoms with Gasteiger partial charge in [0.1, 0.15) is 0 Å². The summed E-state index contributed by atoms with van der Waals surface area (Å²) in [6, 6.07) is 0. The van der Waals surface area contributed by atoms with Gasteiger partial charge in [0.25, 0.3) is 0 Å². The lowest BCUT2D eigenvalue weighted by Gasteiger charge is -1.96. The second-order valence-corrected chi connectivity index (χ2v) is 2.16. The molecular formula is C8H16O. The first-order chi connectivity index (χ1) is 4.35. The van der Waals surface area contributed by atoms with Gasteiger partial charge >= 0.3 is 0 Å². The Hall–Kier alpha value is -0.300. The Balaban J connectivity index is 3.48. The Morgan fingerprint density at radius 1 is 1.44 bits per heavy atom. The van der Waals surface area contributed by atoms with E-state index >= 15 is 0 Å². The van der Waals surface area contributed by atoms with E-state index in [9.17, 15) is 0 Å². The molecule has 0 spiro atoms. The summed E-state index contributed by atoms with van der Waals surface area (Å²) in [6.07, 6.45) is 5.38. The fourth-order valence-corrected chi connectivity index (χ4v) is 0.669. The Morgan fingerprint density at radius 3 is 2.44 bits per heavy atom. The predicted octanol–water partition coefficient (Wildman–Crippen LogP) is 2.12.